The van der Waals surface area contributed by atoms with Crippen LogP contribution in [0.25, 0.3) is 11.3 Å². The second-order valence-corrected chi connectivity index (χ2v) is 10.5. The molecular weight excluding hydrogens is 488 g/mol. The molecule has 12 heteroatoms. The Hall–Kier alpha value is -3.67. The SMILES string of the molecule is Nc1ccc(-c2csc(NC(=O)N3CCN(c4nc(N5CCCC5)nc(N5CCCC5)n4)CC3)n2)cc1. The zero-order valence-electron chi connectivity index (χ0n) is 20.8. The van der Waals surface area contributed by atoms with E-state index in [1.807, 2.05) is 34.5 Å². The number of rotatable bonds is 5. The Kier molecular flexibility index (Phi) is 6.64. The van der Waals surface area contributed by atoms with Crippen LogP contribution in [-0.2, 0) is 0 Å². The first-order chi connectivity index (χ1) is 18.1. The summed E-state index contributed by atoms with van der Waals surface area (Å²) in [6, 6.07) is 7.42. The molecule has 0 unspecified atom stereocenters. The zero-order valence-corrected chi connectivity index (χ0v) is 21.7. The van der Waals surface area contributed by atoms with Crippen LogP contribution in [0.5, 0.6) is 0 Å². The van der Waals surface area contributed by atoms with Crippen LogP contribution in [-0.4, -0.2) is 83.2 Å². The second kappa shape index (κ2) is 10.4. The van der Waals surface area contributed by atoms with E-state index < -0.39 is 0 Å². The quantitative estimate of drug-likeness (QED) is 0.489. The fourth-order valence-electron chi connectivity index (χ4n) is 5.00. The first kappa shape index (κ1) is 23.7. The third kappa shape index (κ3) is 5.24. The molecule has 3 aliphatic heterocycles. The maximum atomic E-state index is 12.9. The second-order valence-electron chi connectivity index (χ2n) is 9.69. The van der Waals surface area contributed by atoms with Gasteiger partial charge in [0.05, 0.1) is 5.69 Å². The standard InChI is InChI=1S/C25H32N10OS/c26-19-7-5-18(6-8-19)20-17-37-24(27-20)31-25(36)35-15-13-34(14-16-35)23-29-21(32-9-1-2-10-32)28-22(30-23)33-11-3-4-12-33/h5-8,17H,1-4,9-16,26H2,(H,27,31,36). The van der Waals surface area contributed by atoms with Crippen molar-refractivity contribution in [2.75, 3.05) is 78.1 Å². The van der Waals surface area contributed by atoms with E-state index in [-0.39, 0.29) is 6.03 Å². The molecule has 6 rings (SSSR count). The normalized spacial score (nSPS) is 18.1. The van der Waals surface area contributed by atoms with Gasteiger partial charge in [-0.15, -0.1) is 11.3 Å². The van der Waals surface area contributed by atoms with Crippen molar-refractivity contribution in [3.63, 3.8) is 0 Å². The number of thiazole rings is 1. The predicted octanol–water partition coefficient (Wildman–Crippen LogP) is 3.13. The van der Waals surface area contributed by atoms with Gasteiger partial charge in [0.25, 0.3) is 0 Å². The van der Waals surface area contributed by atoms with Crippen molar-refractivity contribution >= 4 is 46.0 Å². The van der Waals surface area contributed by atoms with Crippen LogP contribution in [0.3, 0.4) is 0 Å². The van der Waals surface area contributed by atoms with E-state index >= 15 is 0 Å². The number of benzene rings is 1. The predicted molar refractivity (Wildman–Crippen MR) is 147 cm³/mol. The van der Waals surface area contributed by atoms with Crippen molar-refractivity contribution < 1.29 is 4.79 Å². The van der Waals surface area contributed by atoms with E-state index in [0.717, 1.165) is 49.3 Å². The fraction of sp³-hybridized carbons (Fsp3) is 0.480. The highest BCUT2D eigenvalue weighted by molar-refractivity contribution is 7.14. The molecule has 194 valence electrons. The summed E-state index contributed by atoms with van der Waals surface area (Å²) in [7, 11) is 0. The molecule has 3 N–H and O–H groups in total. The van der Waals surface area contributed by atoms with Crippen molar-refractivity contribution in [3.8, 4) is 11.3 Å². The van der Waals surface area contributed by atoms with Gasteiger partial charge in [-0.3, -0.25) is 5.32 Å². The van der Waals surface area contributed by atoms with Crippen molar-refractivity contribution in [3.05, 3.63) is 29.6 Å². The molecule has 3 aromatic rings. The van der Waals surface area contributed by atoms with Crippen molar-refractivity contribution in [1.82, 2.24) is 24.8 Å². The first-order valence-electron chi connectivity index (χ1n) is 13.0. The number of nitrogens with zero attached hydrogens (tertiary/aromatic N) is 8. The van der Waals surface area contributed by atoms with E-state index in [1.54, 1.807) is 0 Å². The molecule has 3 fully saturated rings. The van der Waals surface area contributed by atoms with E-state index in [4.69, 9.17) is 20.7 Å². The summed E-state index contributed by atoms with van der Waals surface area (Å²) < 4.78 is 0. The summed E-state index contributed by atoms with van der Waals surface area (Å²) in [6.07, 6.45) is 4.70. The molecule has 0 radical (unpaired) electrons. The maximum Gasteiger partial charge on any atom is 0.323 e. The van der Waals surface area contributed by atoms with Gasteiger partial charge in [0.15, 0.2) is 5.13 Å². The Morgan fingerprint density at radius 3 is 1.78 bits per heavy atom. The van der Waals surface area contributed by atoms with Crippen molar-refractivity contribution in [2.45, 2.75) is 25.7 Å². The van der Waals surface area contributed by atoms with Crippen LogP contribution in [0.1, 0.15) is 25.7 Å². The van der Waals surface area contributed by atoms with Gasteiger partial charge in [0, 0.05) is 69.0 Å². The average Bonchev–Trinajstić information content (AvgIpc) is 3.72. The summed E-state index contributed by atoms with van der Waals surface area (Å²) in [4.78, 5) is 40.6. The number of nitrogen functional groups attached to an aromatic ring is 1. The molecular formula is C25H32N10OS. The first-order valence-corrected chi connectivity index (χ1v) is 13.9. The van der Waals surface area contributed by atoms with Gasteiger partial charge in [-0.2, -0.15) is 15.0 Å². The van der Waals surface area contributed by atoms with Crippen LogP contribution in [0, 0.1) is 0 Å². The Balaban J connectivity index is 1.10. The molecule has 11 nitrogen and oxygen atoms in total. The van der Waals surface area contributed by atoms with Gasteiger partial charge >= 0.3 is 6.03 Å². The van der Waals surface area contributed by atoms with E-state index in [9.17, 15) is 4.79 Å². The largest absolute Gasteiger partial charge is 0.399 e. The number of aromatic nitrogens is 4. The smallest absolute Gasteiger partial charge is 0.323 e. The van der Waals surface area contributed by atoms with Crippen LogP contribution in [0.15, 0.2) is 29.6 Å². The fourth-order valence-corrected chi connectivity index (χ4v) is 5.71. The van der Waals surface area contributed by atoms with Gasteiger partial charge < -0.3 is 25.3 Å². The van der Waals surface area contributed by atoms with Crippen molar-refractivity contribution in [2.24, 2.45) is 0 Å². The van der Waals surface area contributed by atoms with Crippen LogP contribution in [0.4, 0.5) is 33.5 Å². The zero-order chi connectivity index (χ0) is 25.2. The number of anilines is 5. The molecule has 0 saturated carbocycles. The molecule has 0 atom stereocenters. The molecule has 37 heavy (non-hydrogen) atoms. The number of piperazine rings is 1. The Morgan fingerprint density at radius 1 is 0.730 bits per heavy atom. The highest BCUT2D eigenvalue weighted by Gasteiger charge is 2.27. The number of urea groups is 1. The van der Waals surface area contributed by atoms with Crippen LogP contribution < -0.4 is 25.8 Å². The number of hydrogen-bond acceptors (Lipinski definition) is 10. The van der Waals surface area contributed by atoms with Gasteiger partial charge in [0.2, 0.25) is 17.8 Å². The number of carbonyl (C=O) groups is 1. The average molecular weight is 521 g/mol. The van der Waals surface area contributed by atoms with Gasteiger partial charge in [-0.1, -0.05) is 12.1 Å². The van der Waals surface area contributed by atoms with Crippen LogP contribution in [0.2, 0.25) is 0 Å². The minimum atomic E-state index is -0.135. The monoisotopic (exact) mass is 520 g/mol. The summed E-state index contributed by atoms with van der Waals surface area (Å²) in [5.41, 5.74) is 8.28. The summed E-state index contributed by atoms with van der Waals surface area (Å²) in [5.74, 6) is 2.28. The maximum absolute atomic E-state index is 12.9. The lowest BCUT2D eigenvalue weighted by Crippen LogP contribution is -2.50. The minimum Gasteiger partial charge on any atom is -0.399 e. The minimum absolute atomic E-state index is 0.135. The lowest BCUT2D eigenvalue weighted by Gasteiger charge is -2.35. The molecule has 2 amide bonds. The number of nitrogens with one attached hydrogen (secondary N) is 1. The lowest BCUT2D eigenvalue weighted by atomic mass is 10.1. The molecule has 3 aliphatic rings. The topological polar surface area (TPSA) is 120 Å². The highest BCUT2D eigenvalue weighted by Crippen LogP contribution is 2.27. The van der Waals surface area contributed by atoms with Gasteiger partial charge in [0.1, 0.15) is 0 Å². The Morgan fingerprint density at radius 2 is 1.24 bits per heavy atom. The highest BCUT2D eigenvalue weighted by atomic mass is 32.1. The molecule has 3 saturated heterocycles. The molecule has 0 aliphatic carbocycles. The number of carbonyl (C=O) groups excluding carboxylic acids is 1. The van der Waals surface area contributed by atoms with E-state index in [1.165, 1.54) is 37.0 Å². The molecule has 1 aromatic carbocycles. The van der Waals surface area contributed by atoms with E-state index in [0.29, 0.717) is 42.9 Å². The summed E-state index contributed by atoms with van der Waals surface area (Å²) in [5, 5.41) is 5.48. The number of nitrogens with two attached hydrogens (primary N) is 1. The third-order valence-corrected chi connectivity index (χ3v) is 7.91. The molecule has 5 heterocycles. The van der Waals surface area contributed by atoms with E-state index in [2.05, 4.69) is 25.0 Å². The van der Waals surface area contributed by atoms with Gasteiger partial charge in [-0.25, -0.2) is 9.78 Å². The Labute approximate surface area is 220 Å². The number of hydrogen-bond donors (Lipinski definition) is 2. The molecule has 0 spiro atoms. The third-order valence-electron chi connectivity index (χ3n) is 7.15. The Bertz CT molecular complexity index is 1190. The summed E-state index contributed by atoms with van der Waals surface area (Å²) in [6.45, 7) is 6.50. The molecule has 2 aromatic heterocycles. The van der Waals surface area contributed by atoms with Crippen LogP contribution >= 0.6 is 11.3 Å². The van der Waals surface area contributed by atoms with Gasteiger partial charge in [-0.05, 0) is 37.8 Å². The van der Waals surface area contributed by atoms with Crippen molar-refractivity contribution in [1.29, 1.82) is 0 Å². The number of amides is 2. The molecule has 0 bridgehead atoms. The summed E-state index contributed by atoms with van der Waals surface area (Å²) >= 11 is 1.42. The lowest BCUT2D eigenvalue weighted by molar-refractivity contribution is 0.208.